The third kappa shape index (κ3) is 11.4. The largest absolute Gasteiger partial charge is 0.477 e. The minimum Gasteiger partial charge on any atom is -0.454 e. The van der Waals surface area contributed by atoms with E-state index >= 15 is 0 Å². The van der Waals surface area contributed by atoms with Crippen LogP contribution in [-0.2, 0) is 55.1 Å². The van der Waals surface area contributed by atoms with Crippen molar-refractivity contribution in [2.45, 2.75) is 118 Å². The van der Waals surface area contributed by atoms with Gasteiger partial charge in [-0.3, -0.25) is 18.4 Å². The molecule has 246 valence electrons. The van der Waals surface area contributed by atoms with Crippen LogP contribution in [0.25, 0.3) is 0 Å². The fourth-order valence-corrected chi connectivity index (χ4v) is 5.83. The molecule has 10 heteroatoms. The monoisotopic (exact) mass is 634 g/mol. The third-order valence-corrected chi connectivity index (χ3v) is 8.61. The Kier molecular flexibility index (Phi) is 15.0. The summed E-state index contributed by atoms with van der Waals surface area (Å²) in [5, 5.41) is 0. The highest BCUT2D eigenvalue weighted by Crippen LogP contribution is 2.53. The molecule has 5 unspecified atom stereocenters. The van der Waals surface area contributed by atoms with Gasteiger partial charge in [0.05, 0.1) is 37.9 Å². The maximum absolute atomic E-state index is 14.0. The molecule has 1 aliphatic heterocycles. The predicted molar refractivity (Wildman–Crippen MR) is 169 cm³/mol. The Morgan fingerprint density at radius 2 is 1.27 bits per heavy atom. The fourth-order valence-electron chi connectivity index (χ4n) is 4.51. The molecule has 0 N–H and O–H groups in total. The molecule has 1 fully saturated rings. The second-order valence-electron chi connectivity index (χ2n) is 12.0. The van der Waals surface area contributed by atoms with Crippen molar-refractivity contribution in [3.05, 3.63) is 71.8 Å². The minimum atomic E-state index is -4.10. The number of hydrogen-bond donors (Lipinski definition) is 0. The van der Waals surface area contributed by atoms with Gasteiger partial charge in [0.2, 0.25) is 6.29 Å². The van der Waals surface area contributed by atoms with Crippen LogP contribution in [0.4, 0.5) is 0 Å². The second kappa shape index (κ2) is 18.1. The Bertz CT molecular complexity index is 1120. The van der Waals surface area contributed by atoms with Gasteiger partial charge in [-0.15, -0.1) is 0 Å². The molecule has 0 bridgehead atoms. The number of unbranched alkanes of at least 4 members (excludes halogenated alkanes) is 2. The standard InChI is InChI=1S/C34H51O9P/c1-7-10-22-39-44(36,40-23-11-8-2)43-32-31(42-33(35)34(4,5)6)30(38-25-27-20-16-13-17-21-27)29(28(9-3)41-32)37-24-26-18-14-12-15-19-26/h12-21,28-32H,7-11,22-25H2,1-6H3. The fraction of sp³-hybridized carbons (Fsp3) is 0.618. The molecule has 2 aromatic carbocycles. The zero-order valence-corrected chi connectivity index (χ0v) is 28.0. The van der Waals surface area contributed by atoms with E-state index in [9.17, 15) is 9.36 Å². The van der Waals surface area contributed by atoms with Crippen LogP contribution < -0.4 is 0 Å². The molecule has 0 radical (unpaired) electrons. The van der Waals surface area contributed by atoms with Crippen LogP contribution >= 0.6 is 7.82 Å². The van der Waals surface area contributed by atoms with Crippen LogP contribution in [-0.4, -0.2) is 49.9 Å². The van der Waals surface area contributed by atoms with Crippen molar-refractivity contribution in [1.29, 1.82) is 0 Å². The quantitative estimate of drug-likeness (QED) is 0.0917. The predicted octanol–water partition coefficient (Wildman–Crippen LogP) is 8.01. The van der Waals surface area contributed by atoms with E-state index < -0.39 is 49.9 Å². The maximum Gasteiger partial charge on any atom is 0.477 e. The van der Waals surface area contributed by atoms with E-state index in [4.69, 9.17) is 32.5 Å². The molecule has 9 nitrogen and oxygen atoms in total. The highest BCUT2D eigenvalue weighted by atomic mass is 31.2. The summed E-state index contributed by atoms with van der Waals surface area (Å²) in [4.78, 5) is 13.4. The van der Waals surface area contributed by atoms with Crippen LogP contribution in [0.3, 0.4) is 0 Å². The SMILES string of the molecule is CCCCOP(=O)(OCCCC)OC1OC(CC)C(OCc2ccccc2)C(OCc2ccccc2)C1OC(=O)C(C)(C)C. The van der Waals surface area contributed by atoms with Crippen molar-refractivity contribution >= 4 is 13.8 Å². The zero-order valence-electron chi connectivity index (χ0n) is 27.1. The van der Waals surface area contributed by atoms with Gasteiger partial charge in [-0.2, -0.15) is 0 Å². The highest BCUT2D eigenvalue weighted by Gasteiger charge is 2.53. The van der Waals surface area contributed by atoms with Gasteiger partial charge in [-0.25, -0.2) is 4.57 Å². The van der Waals surface area contributed by atoms with E-state index in [1.54, 1.807) is 20.8 Å². The molecule has 0 saturated carbocycles. The Balaban J connectivity index is 1.99. The third-order valence-electron chi connectivity index (χ3n) is 7.15. The highest BCUT2D eigenvalue weighted by molar-refractivity contribution is 7.48. The Morgan fingerprint density at radius 3 is 1.73 bits per heavy atom. The molecule has 0 aromatic heterocycles. The summed E-state index contributed by atoms with van der Waals surface area (Å²) in [5.74, 6) is -0.488. The molecular formula is C34H51O9P. The van der Waals surface area contributed by atoms with Gasteiger partial charge < -0.3 is 18.9 Å². The number of phosphoric ester groups is 1. The molecule has 2 aromatic rings. The second-order valence-corrected chi connectivity index (χ2v) is 13.6. The van der Waals surface area contributed by atoms with Crippen LogP contribution in [0.15, 0.2) is 60.7 Å². The number of carbonyl (C=O) groups excluding carboxylic acids is 1. The molecule has 0 spiro atoms. The first-order chi connectivity index (χ1) is 21.1. The Hall–Kier alpha value is -2.10. The Morgan fingerprint density at radius 1 is 0.773 bits per heavy atom. The first-order valence-electron chi connectivity index (χ1n) is 15.8. The van der Waals surface area contributed by atoms with Gasteiger partial charge in [0.1, 0.15) is 12.2 Å². The number of benzene rings is 2. The van der Waals surface area contributed by atoms with E-state index in [1.165, 1.54) is 0 Å². The van der Waals surface area contributed by atoms with Crippen LogP contribution in [0.1, 0.15) is 84.8 Å². The number of hydrogen-bond acceptors (Lipinski definition) is 9. The van der Waals surface area contributed by atoms with Crippen molar-refractivity contribution in [3.63, 3.8) is 0 Å². The lowest BCUT2D eigenvalue weighted by atomic mass is 9.94. The van der Waals surface area contributed by atoms with Crippen LogP contribution in [0.2, 0.25) is 0 Å². The van der Waals surface area contributed by atoms with Crippen molar-refractivity contribution in [2.75, 3.05) is 13.2 Å². The van der Waals surface area contributed by atoms with Gasteiger partial charge in [0.15, 0.2) is 6.10 Å². The first kappa shape index (κ1) is 36.4. The van der Waals surface area contributed by atoms with Gasteiger partial charge >= 0.3 is 13.8 Å². The van der Waals surface area contributed by atoms with Crippen molar-refractivity contribution < 1.29 is 41.9 Å². The van der Waals surface area contributed by atoms with Gasteiger partial charge in [0.25, 0.3) is 0 Å². The molecule has 0 amide bonds. The zero-order chi connectivity index (χ0) is 32.0. The van der Waals surface area contributed by atoms with E-state index in [0.29, 0.717) is 25.9 Å². The van der Waals surface area contributed by atoms with E-state index in [0.717, 1.165) is 24.0 Å². The minimum absolute atomic E-state index is 0.188. The van der Waals surface area contributed by atoms with E-state index in [1.807, 2.05) is 81.4 Å². The maximum atomic E-state index is 14.0. The van der Waals surface area contributed by atoms with Crippen molar-refractivity contribution in [2.24, 2.45) is 5.41 Å². The van der Waals surface area contributed by atoms with Gasteiger partial charge in [0, 0.05) is 0 Å². The lowest BCUT2D eigenvalue weighted by Gasteiger charge is -2.46. The van der Waals surface area contributed by atoms with Crippen molar-refractivity contribution in [1.82, 2.24) is 0 Å². The van der Waals surface area contributed by atoms with E-state index in [2.05, 4.69) is 0 Å². The molecule has 1 aliphatic rings. The summed E-state index contributed by atoms with van der Waals surface area (Å²) in [5.41, 5.74) is 1.07. The molecule has 5 atom stereocenters. The summed E-state index contributed by atoms with van der Waals surface area (Å²) in [6.45, 7) is 12.2. The summed E-state index contributed by atoms with van der Waals surface area (Å²) < 4.78 is 57.1. The molecular weight excluding hydrogens is 583 g/mol. The van der Waals surface area contributed by atoms with Crippen molar-refractivity contribution in [3.8, 4) is 0 Å². The summed E-state index contributed by atoms with van der Waals surface area (Å²) in [6.07, 6.45) is -0.858. The summed E-state index contributed by atoms with van der Waals surface area (Å²) in [7, 11) is -4.10. The molecule has 1 heterocycles. The smallest absolute Gasteiger partial charge is 0.454 e. The van der Waals surface area contributed by atoms with Gasteiger partial charge in [-0.1, -0.05) is 94.3 Å². The topological polar surface area (TPSA) is 98.8 Å². The molecule has 44 heavy (non-hydrogen) atoms. The number of carbonyl (C=O) groups is 1. The number of esters is 1. The van der Waals surface area contributed by atoms with Gasteiger partial charge in [-0.05, 0) is 51.2 Å². The molecule has 1 saturated heterocycles. The van der Waals surface area contributed by atoms with Crippen LogP contribution in [0.5, 0.6) is 0 Å². The number of ether oxygens (including phenoxy) is 4. The summed E-state index contributed by atoms with van der Waals surface area (Å²) in [6, 6.07) is 19.5. The van der Waals surface area contributed by atoms with E-state index in [-0.39, 0.29) is 19.8 Å². The average molecular weight is 635 g/mol. The molecule has 3 rings (SSSR count). The number of rotatable bonds is 18. The van der Waals surface area contributed by atoms with Crippen LogP contribution in [0, 0.1) is 5.41 Å². The normalized spacial score (nSPS) is 22.5. The summed E-state index contributed by atoms with van der Waals surface area (Å²) >= 11 is 0. The molecule has 0 aliphatic carbocycles. The lowest BCUT2D eigenvalue weighted by Crippen LogP contribution is -2.61. The average Bonchev–Trinajstić information content (AvgIpc) is 3.01. The lowest BCUT2D eigenvalue weighted by molar-refractivity contribution is -0.301. The first-order valence-corrected chi connectivity index (χ1v) is 17.3. The Labute approximate surface area is 263 Å². The number of phosphoric acid groups is 1.